The average Bonchev–Trinajstić information content (AvgIpc) is 3.48. The molecule has 0 atom stereocenters. The minimum atomic E-state index is -0.274. The molecule has 6 heteroatoms. The molecular formula is C25H28FN3O2. The first-order valence-corrected chi connectivity index (χ1v) is 11.4. The summed E-state index contributed by atoms with van der Waals surface area (Å²) in [6.45, 7) is 1.57. The number of imidazole rings is 1. The maximum absolute atomic E-state index is 13.5. The van der Waals surface area contributed by atoms with E-state index >= 15 is 0 Å². The molecule has 162 valence electrons. The molecule has 3 heterocycles. The highest BCUT2D eigenvalue weighted by Gasteiger charge is 2.26. The van der Waals surface area contributed by atoms with Crippen LogP contribution in [0.25, 0.3) is 22.7 Å². The van der Waals surface area contributed by atoms with E-state index in [0.717, 1.165) is 55.7 Å². The second-order valence-corrected chi connectivity index (χ2v) is 8.66. The summed E-state index contributed by atoms with van der Waals surface area (Å²) < 4.78 is 21.8. The summed E-state index contributed by atoms with van der Waals surface area (Å²) in [4.78, 5) is 19.5. The fraction of sp³-hybridized carbons (Fsp3) is 0.440. The van der Waals surface area contributed by atoms with Gasteiger partial charge >= 0.3 is 0 Å². The van der Waals surface area contributed by atoms with Gasteiger partial charge in [-0.15, -0.1) is 0 Å². The van der Waals surface area contributed by atoms with E-state index < -0.39 is 0 Å². The lowest BCUT2D eigenvalue weighted by Gasteiger charge is -2.25. The predicted molar refractivity (Wildman–Crippen MR) is 117 cm³/mol. The Hall–Kier alpha value is -2.89. The van der Waals surface area contributed by atoms with E-state index in [4.69, 9.17) is 9.40 Å². The molecule has 5 nitrogen and oxygen atoms in total. The number of carbonyl (C=O) groups is 1. The predicted octanol–water partition coefficient (Wildman–Crippen LogP) is 6.08. The van der Waals surface area contributed by atoms with Gasteiger partial charge in [-0.05, 0) is 68.5 Å². The molecule has 0 bridgehead atoms. The van der Waals surface area contributed by atoms with E-state index in [-0.39, 0.29) is 11.7 Å². The van der Waals surface area contributed by atoms with Crippen LogP contribution in [0, 0.1) is 5.82 Å². The van der Waals surface area contributed by atoms with E-state index in [1.54, 1.807) is 18.2 Å². The van der Waals surface area contributed by atoms with Crippen LogP contribution in [-0.2, 0) is 0 Å². The van der Waals surface area contributed by atoms with Gasteiger partial charge in [-0.1, -0.05) is 19.3 Å². The van der Waals surface area contributed by atoms with E-state index in [1.165, 1.54) is 37.8 Å². The van der Waals surface area contributed by atoms with Crippen LogP contribution in [0.4, 0.5) is 4.39 Å². The Balaban J connectivity index is 1.53. The van der Waals surface area contributed by atoms with Crippen LogP contribution in [0.5, 0.6) is 0 Å². The first-order chi connectivity index (χ1) is 15.2. The number of piperidine rings is 1. The third-order valence-electron chi connectivity index (χ3n) is 6.57. The van der Waals surface area contributed by atoms with Gasteiger partial charge < -0.3 is 13.9 Å². The Bertz CT molecular complexity index is 1040. The highest BCUT2D eigenvalue weighted by molar-refractivity contribution is 5.92. The van der Waals surface area contributed by atoms with E-state index in [9.17, 15) is 9.18 Å². The maximum Gasteiger partial charge on any atom is 0.289 e. The molecule has 2 aliphatic rings. The number of hydrogen-bond acceptors (Lipinski definition) is 3. The fourth-order valence-electron chi connectivity index (χ4n) is 4.89. The first-order valence-electron chi connectivity index (χ1n) is 11.4. The second-order valence-electron chi connectivity index (χ2n) is 8.66. The molecule has 1 saturated heterocycles. The summed E-state index contributed by atoms with van der Waals surface area (Å²) in [5.74, 6) is 0.698. The zero-order chi connectivity index (χ0) is 21.2. The average molecular weight is 422 g/mol. The van der Waals surface area contributed by atoms with Crippen molar-refractivity contribution in [3.8, 4) is 22.7 Å². The lowest BCUT2D eigenvalue weighted by molar-refractivity contribution is 0.0693. The number of nitrogens with zero attached hydrogens (tertiary/aromatic N) is 3. The number of amides is 1. The molecule has 3 aromatic rings. The summed E-state index contributed by atoms with van der Waals surface area (Å²) in [7, 11) is 0. The highest BCUT2D eigenvalue weighted by atomic mass is 19.1. The lowest BCUT2D eigenvalue weighted by atomic mass is 9.95. The number of benzene rings is 1. The van der Waals surface area contributed by atoms with Crippen molar-refractivity contribution in [2.24, 2.45) is 0 Å². The molecule has 5 rings (SSSR count). The standard InChI is InChI=1S/C25H28FN3O2/c26-19-11-9-18(10-12-19)23-24(29(17-27-23)20-7-3-1-4-8-20)21-13-14-22(31-21)25(30)28-15-5-2-6-16-28/h9-14,17,20H,1-8,15-16H2. The number of carbonyl (C=O) groups excluding carboxylic acids is 1. The molecule has 1 aromatic carbocycles. The Morgan fingerprint density at radius 2 is 1.65 bits per heavy atom. The summed E-state index contributed by atoms with van der Waals surface area (Å²) in [6.07, 6.45) is 11.0. The molecule has 0 spiro atoms. The minimum absolute atomic E-state index is 0.0435. The van der Waals surface area contributed by atoms with E-state index in [0.29, 0.717) is 17.6 Å². The number of aromatic nitrogens is 2. The Labute approximate surface area is 181 Å². The van der Waals surface area contributed by atoms with E-state index in [2.05, 4.69) is 4.57 Å². The quantitative estimate of drug-likeness (QED) is 0.513. The first kappa shape index (κ1) is 20.0. The Kier molecular flexibility index (Phi) is 5.62. The second kappa shape index (κ2) is 8.69. The molecule has 1 saturated carbocycles. The molecule has 0 unspecified atom stereocenters. The smallest absolute Gasteiger partial charge is 0.289 e. The lowest BCUT2D eigenvalue weighted by Crippen LogP contribution is -2.35. The zero-order valence-corrected chi connectivity index (χ0v) is 17.7. The van der Waals surface area contributed by atoms with Gasteiger partial charge in [-0.3, -0.25) is 4.79 Å². The minimum Gasteiger partial charge on any atom is -0.449 e. The van der Waals surface area contributed by atoms with Crippen molar-refractivity contribution < 1.29 is 13.6 Å². The zero-order valence-electron chi connectivity index (χ0n) is 17.7. The van der Waals surface area contributed by atoms with Crippen LogP contribution >= 0.6 is 0 Å². The summed E-state index contributed by atoms with van der Waals surface area (Å²) in [5, 5.41) is 0. The van der Waals surface area contributed by atoms with Crippen LogP contribution < -0.4 is 0 Å². The van der Waals surface area contributed by atoms with Crippen molar-refractivity contribution in [2.75, 3.05) is 13.1 Å². The summed E-state index contributed by atoms with van der Waals surface area (Å²) in [6, 6.07) is 10.4. The summed E-state index contributed by atoms with van der Waals surface area (Å²) in [5.41, 5.74) is 2.47. The van der Waals surface area contributed by atoms with Crippen LogP contribution in [0.3, 0.4) is 0 Å². The van der Waals surface area contributed by atoms with Crippen LogP contribution in [0.2, 0.25) is 0 Å². The van der Waals surface area contributed by atoms with E-state index in [1.807, 2.05) is 17.3 Å². The molecular weight excluding hydrogens is 393 g/mol. The van der Waals surface area contributed by atoms with Crippen molar-refractivity contribution in [1.29, 1.82) is 0 Å². The number of hydrogen-bond donors (Lipinski definition) is 0. The molecule has 2 aromatic heterocycles. The van der Waals surface area contributed by atoms with Gasteiger partial charge in [0.05, 0.1) is 12.0 Å². The number of rotatable bonds is 4. The molecule has 1 amide bonds. The van der Waals surface area contributed by atoms with Crippen LogP contribution in [0.15, 0.2) is 47.1 Å². The van der Waals surface area contributed by atoms with Crippen molar-refractivity contribution >= 4 is 5.91 Å². The van der Waals surface area contributed by atoms with Gasteiger partial charge in [0, 0.05) is 24.7 Å². The highest BCUT2D eigenvalue weighted by Crippen LogP contribution is 2.38. The Morgan fingerprint density at radius 1 is 0.935 bits per heavy atom. The van der Waals surface area contributed by atoms with Crippen molar-refractivity contribution in [1.82, 2.24) is 14.5 Å². The van der Waals surface area contributed by atoms with Gasteiger partial charge in [0.25, 0.3) is 5.91 Å². The van der Waals surface area contributed by atoms with Crippen molar-refractivity contribution in [3.63, 3.8) is 0 Å². The Morgan fingerprint density at radius 3 is 2.39 bits per heavy atom. The molecule has 0 radical (unpaired) electrons. The summed E-state index contributed by atoms with van der Waals surface area (Å²) >= 11 is 0. The third-order valence-corrected chi connectivity index (χ3v) is 6.57. The normalized spacial score (nSPS) is 17.8. The van der Waals surface area contributed by atoms with Crippen molar-refractivity contribution in [3.05, 3.63) is 54.3 Å². The molecule has 1 aliphatic carbocycles. The number of furan rings is 1. The van der Waals surface area contributed by atoms with Gasteiger partial charge in [0.1, 0.15) is 11.5 Å². The maximum atomic E-state index is 13.5. The van der Waals surface area contributed by atoms with Gasteiger partial charge in [0.2, 0.25) is 0 Å². The number of likely N-dealkylation sites (tertiary alicyclic amines) is 1. The van der Waals surface area contributed by atoms with Gasteiger partial charge in [-0.2, -0.15) is 0 Å². The third kappa shape index (κ3) is 4.03. The SMILES string of the molecule is O=C(c1ccc(-c2c(-c3ccc(F)cc3)ncn2C2CCCCC2)o1)N1CCCCC1. The molecule has 2 fully saturated rings. The molecule has 1 aliphatic heterocycles. The number of halogens is 1. The van der Waals surface area contributed by atoms with Crippen molar-refractivity contribution in [2.45, 2.75) is 57.4 Å². The molecule has 31 heavy (non-hydrogen) atoms. The van der Waals surface area contributed by atoms with Crippen LogP contribution in [0.1, 0.15) is 68.0 Å². The fourth-order valence-corrected chi connectivity index (χ4v) is 4.89. The largest absolute Gasteiger partial charge is 0.449 e. The monoisotopic (exact) mass is 421 g/mol. The van der Waals surface area contributed by atoms with Gasteiger partial charge in [0.15, 0.2) is 11.5 Å². The van der Waals surface area contributed by atoms with Crippen LogP contribution in [-0.4, -0.2) is 33.4 Å². The molecule has 0 N–H and O–H groups in total. The van der Waals surface area contributed by atoms with Gasteiger partial charge in [-0.25, -0.2) is 9.37 Å². The topological polar surface area (TPSA) is 51.3 Å².